The zero-order chi connectivity index (χ0) is 15.1. The number of nitrogens with one attached hydrogen (secondary N) is 1. The molecule has 3 heteroatoms. The average molecular weight is 278 g/mol. The van der Waals surface area contributed by atoms with Gasteiger partial charge in [-0.25, -0.2) is 0 Å². The molecule has 0 bridgehead atoms. The summed E-state index contributed by atoms with van der Waals surface area (Å²) in [6.07, 6.45) is 6.18. The fourth-order valence-corrected chi connectivity index (χ4v) is 2.65. The lowest BCUT2D eigenvalue weighted by Crippen LogP contribution is -2.43. The second-order valence-electron chi connectivity index (χ2n) is 5.47. The first-order chi connectivity index (χ1) is 9.60. The van der Waals surface area contributed by atoms with Crippen LogP contribution in [-0.4, -0.2) is 17.4 Å². The van der Waals surface area contributed by atoms with E-state index in [1.807, 2.05) is 0 Å². The van der Waals surface area contributed by atoms with Gasteiger partial charge in [-0.3, -0.25) is 4.79 Å². The van der Waals surface area contributed by atoms with Crippen LogP contribution in [0.2, 0.25) is 0 Å². The molecule has 1 amide bonds. The molecule has 0 saturated carbocycles. The van der Waals surface area contributed by atoms with Crippen molar-refractivity contribution in [3.05, 3.63) is 22.7 Å². The van der Waals surface area contributed by atoms with Gasteiger partial charge in [0.1, 0.15) is 5.82 Å². The van der Waals surface area contributed by atoms with Gasteiger partial charge in [-0.2, -0.15) is 0 Å². The highest BCUT2D eigenvalue weighted by Gasteiger charge is 2.28. The summed E-state index contributed by atoms with van der Waals surface area (Å²) in [5.41, 5.74) is 3.48. The lowest BCUT2D eigenvalue weighted by molar-refractivity contribution is -0.118. The van der Waals surface area contributed by atoms with Crippen molar-refractivity contribution in [2.24, 2.45) is 0 Å². The van der Waals surface area contributed by atoms with Crippen molar-refractivity contribution >= 4 is 5.91 Å². The monoisotopic (exact) mass is 278 g/mol. The van der Waals surface area contributed by atoms with Crippen LogP contribution >= 0.6 is 0 Å². The highest BCUT2D eigenvalue weighted by molar-refractivity contribution is 5.96. The molecule has 0 unspecified atom stereocenters. The summed E-state index contributed by atoms with van der Waals surface area (Å²) in [5.74, 6) is 1.14. The minimum absolute atomic E-state index is 0.105. The molecule has 3 nitrogen and oxygen atoms in total. The van der Waals surface area contributed by atoms with Crippen LogP contribution in [0.5, 0.6) is 0 Å². The predicted octanol–water partition coefficient (Wildman–Crippen LogP) is 4.32. The average Bonchev–Trinajstić information content (AvgIpc) is 2.46. The molecule has 0 aromatic carbocycles. The second kappa shape index (κ2) is 8.13. The number of amides is 1. The first kappa shape index (κ1) is 16.8. The van der Waals surface area contributed by atoms with Crippen molar-refractivity contribution in [3.8, 4) is 0 Å². The molecule has 0 aromatic rings. The van der Waals surface area contributed by atoms with E-state index in [4.69, 9.17) is 0 Å². The fraction of sp³-hybridized carbons (Fsp3) is 0.706. The number of hydrogen-bond donors (Lipinski definition) is 1. The highest BCUT2D eigenvalue weighted by atomic mass is 16.2. The maximum atomic E-state index is 12.3. The third kappa shape index (κ3) is 3.65. The number of hydrogen-bond acceptors (Lipinski definition) is 2. The molecule has 114 valence electrons. The highest BCUT2D eigenvalue weighted by Crippen LogP contribution is 2.29. The summed E-state index contributed by atoms with van der Waals surface area (Å²) in [6.45, 7) is 11.7. The van der Waals surface area contributed by atoms with Crippen molar-refractivity contribution in [2.75, 3.05) is 6.54 Å². The van der Waals surface area contributed by atoms with Crippen LogP contribution in [0.25, 0.3) is 0 Å². The molecule has 0 spiro atoms. The molecular weight excluding hydrogens is 248 g/mol. The molecule has 0 atom stereocenters. The summed E-state index contributed by atoms with van der Waals surface area (Å²) >= 11 is 0. The number of rotatable bonds is 7. The van der Waals surface area contributed by atoms with Crippen molar-refractivity contribution in [1.82, 2.24) is 10.2 Å². The summed E-state index contributed by atoms with van der Waals surface area (Å²) in [5, 5.41) is 3.12. The van der Waals surface area contributed by atoms with Gasteiger partial charge in [0.2, 0.25) is 0 Å². The van der Waals surface area contributed by atoms with Gasteiger partial charge >= 0.3 is 0 Å². The molecule has 0 fully saturated rings. The molecule has 0 aromatic heterocycles. The first-order valence-electron chi connectivity index (χ1n) is 8.11. The maximum absolute atomic E-state index is 12.3. The van der Waals surface area contributed by atoms with Gasteiger partial charge in [-0.1, -0.05) is 34.1 Å². The van der Waals surface area contributed by atoms with Crippen LogP contribution < -0.4 is 5.32 Å². The van der Waals surface area contributed by atoms with Gasteiger partial charge in [-0.05, 0) is 44.6 Å². The Hall–Kier alpha value is -1.25. The molecule has 1 heterocycles. The zero-order valence-corrected chi connectivity index (χ0v) is 13.8. The summed E-state index contributed by atoms with van der Waals surface area (Å²) in [4.78, 5) is 14.7. The largest absolute Gasteiger partial charge is 0.331 e. The molecule has 0 radical (unpaired) electrons. The first-order valence-corrected chi connectivity index (χ1v) is 8.11. The minimum Gasteiger partial charge on any atom is -0.331 e. The van der Waals surface area contributed by atoms with Crippen molar-refractivity contribution < 1.29 is 4.79 Å². The van der Waals surface area contributed by atoms with Crippen LogP contribution in [-0.2, 0) is 4.79 Å². The summed E-state index contributed by atoms with van der Waals surface area (Å²) < 4.78 is 0. The maximum Gasteiger partial charge on any atom is 0.254 e. The van der Waals surface area contributed by atoms with Crippen LogP contribution in [0.3, 0.4) is 0 Å². The van der Waals surface area contributed by atoms with Gasteiger partial charge < -0.3 is 10.2 Å². The Bertz CT molecular complexity index is 407. The van der Waals surface area contributed by atoms with Gasteiger partial charge in [0.15, 0.2) is 0 Å². The Morgan fingerprint density at radius 2 is 1.85 bits per heavy atom. The normalized spacial score (nSPS) is 18.4. The summed E-state index contributed by atoms with van der Waals surface area (Å²) in [6, 6.07) is 0. The van der Waals surface area contributed by atoms with Crippen molar-refractivity contribution in [1.29, 1.82) is 0 Å². The molecule has 0 saturated heterocycles. The Labute approximate surface area is 124 Å². The Balaban J connectivity index is 3.26. The minimum atomic E-state index is 0.105. The number of allylic oxidation sites excluding steroid dienone is 2. The quantitative estimate of drug-likeness (QED) is 0.752. The molecule has 1 rings (SSSR count). The van der Waals surface area contributed by atoms with Gasteiger partial charge in [-0.15, -0.1) is 0 Å². The molecule has 20 heavy (non-hydrogen) atoms. The van der Waals surface area contributed by atoms with Crippen molar-refractivity contribution in [3.63, 3.8) is 0 Å². The predicted molar refractivity (Wildman–Crippen MR) is 85.0 cm³/mol. The lowest BCUT2D eigenvalue weighted by Gasteiger charge is -2.37. The number of unbranched alkanes of at least 4 members (excludes halogenated alkanes) is 1. The van der Waals surface area contributed by atoms with E-state index in [2.05, 4.69) is 44.8 Å². The number of carbonyl (C=O) groups is 1. The Morgan fingerprint density at radius 3 is 2.35 bits per heavy atom. The third-order valence-corrected chi connectivity index (χ3v) is 3.95. The van der Waals surface area contributed by atoms with Crippen LogP contribution in [0, 0.1) is 0 Å². The molecular formula is C17H30N2O. The summed E-state index contributed by atoms with van der Waals surface area (Å²) in [7, 11) is 0. The van der Waals surface area contributed by atoms with E-state index in [-0.39, 0.29) is 5.91 Å². The molecule has 1 aliphatic heterocycles. The standard InChI is InChI=1S/C17H30N2O/c1-6-10-11-15-14(9-4)17(20)18-16(13(5)8-3)19(15)12-7-2/h6-12H2,1-5H3,(H,18,20)/b16-13+. The smallest absolute Gasteiger partial charge is 0.254 e. The van der Waals surface area contributed by atoms with E-state index in [0.717, 1.165) is 56.5 Å². The molecule has 1 aliphatic rings. The van der Waals surface area contributed by atoms with E-state index >= 15 is 0 Å². The fourth-order valence-electron chi connectivity index (χ4n) is 2.65. The number of nitrogens with zero attached hydrogens (tertiary/aromatic N) is 1. The van der Waals surface area contributed by atoms with E-state index in [9.17, 15) is 4.79 Å². The third-order valence-electron chi connectivity index (χ3n) is 3.95. The molecule has 0 aliphatic carbocycles. The Morgan fingerprint density at radius 1 is 1.15 bits per heavy atom. The van der Waals surface area contributed by atoms with Gasteiger partial charge in [0.25, 0.3) is 5.91 Å². The van der Waals surface area contributed by atoms with Gasteiger partial charge in [0.05, 0.1) is 0 Å². The van der Waals surface area contributed by atoms with E-state index in [1.165, 1.54) is 11.3 Å². The lowest BCUT2D eigenvalue weighted by atomic mass is 10.0. The molecule has 1 N–H and O–H groups in total. The van der Waals surface area contributed by atoms with E-state index < -0.39 is 0 Å². The van der Waals surface area contributed by atoms with Crippen molar-refractivity contribution in [2.45, 2.75) is 73.1 Å². The van der Waals surface area contributed by atoms with Gasteiger partial charge in [0, 0.05) is 17.8 Å². The number of carbonyl (C=O) groups excluding carboxylic acids is 1. The second-order valence-corrected chi connectivity index (χ2v) is 5.47. The SMILES string of the molecule is CCCCC1=C(CC)C(=O)N/C(=C(/C)CC)N1CCC. The van der Waals surface area contributed by atoms with Crippen LogP contribution in [0.4, 0.5) is 0 Å². The van der Waals surface area contributed by atoms with E-state index in [0.29, 0.717) is 0 Å². The topological polar surface area (TPSA) is 32.3 Å². The van der Waals surface area contributed by atoms with Crippen LogP contribution in [0.15, 0.2) is 22.7 Å². The zero-order valence-electron chi connectivity index (χ0n) is 13.8. The van der Waals surface area contributed by atoms with E-state index in [1.54, 1.807) is 0 Å². The Kier molecular flexibility index (Phi) is 6.83. The van der Waals surface area contributed by atoms with Crippen LogP contribution in [0.1, 0.15) is 73.1 Å².